The van der Waals surface area contributed by atoms with Crippen LogP contribution in [0.4, 0.5) is 0 Å². The Kier molecular flexibility index (Phi) is 3.94. The normalized spacial score (nSPS) is 13.8. The maximum Gasteiger partial charge on any atom is 0.0713 e. The van der Waals surface area contributed by atoms with Crippen molar-refractivity contribution in [3.63, 3.8) is 0 Å². The van der Waals surface area contributed by atoms with Gasteiger partial charge in [-0.1, -0.05) is 119 Å². The van der Waals surface area contributed by atoms with Gasteiger partial charge in [0.2, 0.25) is 0 Å². The summed E-state index contributed by atoms with van der Waals surface area (Å²) in [6.07, 6.45) is 0. The molecule has 0 aliphatic heterocycles. The second-order valence-corrected chi connectivity index (χ2v) is 8.80. The molecule has 1 aliphatic rings. The quantitative estimate of drug-likeness (QED) is 0.253. The molecule has 0 amide bonds. The molecule has 0 unspecified atom stereocenters. The van der Waals surface area contributed by atoms with Crippen LogP contribution < -0.4 is 0 Å². The van der Waals surface area contributed by atoms with Crippen molar-refractivity contribution in [1.29, 1.82) is 0 Å². The standard InChI is InChI=1S/C29H19Br/c30-23-17-18-26-25(19-23)24-15-7-9-20-10-8-16-27(28(20)24)29(26,21-11-3-1-4-12-21)22-13-5-2-6-14-22/h1-19H. The van der Waals surface area contributed by atoms with Crippen LogP contribution in [0.2, 0.25) is 0 Å². The van der Waals surface area contributed by atoms with Crippen LogP contribution in [0, 0.1) is 0 Å². The third-order valence-electron chi connectivity index (χ3n) is 6.40. The highest BCUT2D eigenvalue weighted by Crippen LogP contribution is 2.55. The van der Waals surface area contributed by atoms with Gasteiger partial charge in [0.05, 0.1) is 5.41 Å². The van der Waals surface area contributed by atoms with Gasteiger partial charge < -0.3 is 0 Å². The molecule has 5 aromatic rings. The maximum atomic E-state index is 3.73. The predicted octanol–water partition coefficient (Wildman–Crippen LogP) is 7.97. The molecular formula is C29H19Br. The highest BCUT2D eigenvalue weighted by atomic mass is 79.9. The molecule has 5 aromatic carbocycles. The molecule has 6 rings (SSSR count). The average Bonchev–Trinajstić information content (AvgIpc) is 2.81. The Morgan fingerprint density at radius 3 is 1.80 bits per heavy atom. The fourth-order valence-corrected chi connectivity index (χ4v) is 5.62. The van der Waals surface area contributed by atoms with Crippen molar-refractivity contribution in [1.82, 2.24) is 0 Å². The van der Waals surface area contributed by atoms with Crippen molar-refractivity contribution >= 4 is 26.7 Å². The Hall–Kier alpha value is -3.16. The number of hydrogen-bond donors (Lipinski definition) is 0. The van der Waals surface area contributed by atoms with Gasteiger partial charge in [-0.15, -0.1) is 0 Å². The highest BCUT2D eigenvalue weighted by molar-refractivity contribution is 9.10. The van der Waals surface area contributed by atoms with E-state index >= 15 is 0 Å². The molecule has 142 valence electrons. The fraction of sp³-hybridized carbons (Fsp3) is 0.0345. The van der Waals surface area contributed by atoms with E-state index in [4.69, 9.17) is 0 Å². The van der Waals surface area contributed by atoms with Crippen molar-refractivity contribution in [3.8, 4) is 11.1 Å². The van der Waals surface area contributed by atoms with Crippen LogP contribution in [0.5, 0.6) is 0 Å². The van der Waals surface area contributed by atoms with Gasteiger partial charge in [0.25, 0.3) is 0 Å². The first-order valence-electron chi connectivity index (χ1n) is 10.2. The lowest BCUT2D eigenvalue weighted by atomic mass is 9.59. The first-order chi connectivity index (χ1) is 14.8. The van der Waals surface area contributed by atoms with Crippen molar-refractivity contribution in [2.24, 2.45) is 0 Å². The van der Waals surface area contributed by atoms with Gasteiger partial charge in [0.1, 0.15) is 0 Å². The zero-order valence-corrected chi connectivity index (χ0v) is 17.9. The van der Waals surface area contributed by atoms with E-state index < -0.39 is 0 Å². The lowest BCUT2D eigenvalue weighted by Gasteiger charge is -2.42. The van der Waals surface area contributed by atoms with Crippen molar-refractivity contribution in [3.05, 3.63) is 142 Å². The van der Waals surface area contributed by atoms with Gasteiger partial charge in [0, 0.05) is 4.47 Å². The summed E-state index contributed by atoms with van der Waals surface area (Å²) in [5.74, 6) is 0. The van der Waals surface area contributed by atoms with Crippen LogP contribution in [-0.4, -0.2) is 0 Å². The minimum atomic E-state index is -0.369. The summed E-state index contributed by atoms with van der Waals surface area (Å²) in [6.45, 7) is 0. The molecule has 0 fully saturated rings. The van der Waals surface area contributed by atoms with Gasteiger partial charge in [-0.05, 0) is 56.3 Å². The van der Waals surface area contributed by atoms with Crippen molar-refractivity contribution in [2.45, 2.75) is 5.41 Å². The predicted molar refractivity (Wildman–Crippen MR) is 129 cm³/mol. The highest BCUT2D eigenvalue weighted by Gasteiger charge is 2.43. The summed E-state index contributed by atoms with van der Waals surface area (Å²) in [4.78, 5) is 0. The van der Waals surface area contributed by atoms with Gasteiger partial charge in [-0.2, -0.15) is 0 Å². The van der Waals surface area contributed by atoms with Crippen LogP contribution >= 0.6 is 15.9 Å². The van der Waals surface area contributed by atoms with Crippen LogP contribution in [0.1, 0.15) is 22.3 Å². The maximum absolute atomic E-state index is 3.73. The first kappa shape index (κ1) is 17.7. The molecule has 0 saturated heterocycles. The van der Waals surface area contributed by atoms with Gasteiger partial charge >= 0.3 is 0 Å². The van der Waals surface area contributed by atoms with E-state index in [1.54, 1.807) is 0 Å². The average molecular weight is 447 g/mol. The lowest BCUT2D eigenvalue weighted by Crippen LogP contribution is -2.33. The molecule has 1 aliphatic carbocycles. The number of benzene rings is 5. The van der Waals surface area contributed by atoms with Crippen LogP contribution in [0.3, 0.4) is 0 Å². The smallest absolute Gasteiger partial charge is 0.0622 e. The Balaban J connectivity index is 1.90. The summed E-state index contributed by atoms with van der Waals surface area (Å²) >= 11 is 3.73. The van der Waals surface area contributed by atoms with Crippen molar-refractivity contribution < 1.29 is 0 Å². The second-order valence-electron chi connectivity index (χ2n) is 7.88. The van der Waals surface area contributed by atoms with Crippen LogP contribution in [0.25, 0.3) is 21.9 Å². The van der Waals surface area contributed by atoms with E-state index in [1.165, 1.54) is 44.2 Å². The van der Waals surface area contributed by atoms with Crippen molar-refractivity contribution in [2.75, 3.05) is 0 Å². The monoisotopic (exact) mass is 446 g/mol. The Morgan fingerprint density at radius 2 is 1.13 bits per heavy atom. The molecule has 0 heterocycles. The summed E-state index contributed by atoms with van der Waals surface area (Å²) in [5.41, 5.74) is 7.50. The van der Waals surface area contributed by atoms with Crippen LogP contribution in [-0.2, 0) is 5.41 Å². The van der Waals surface area contributed by atoms with Gasteiger partial charge in [-0.25, -0.2) is 0 Å². The number of rotatable bonds is 2. The van der Waals surface area contributed by atoms with E-state index in [0.29, 0.717) is 0 Å². The van der Waals surface area contributed by atoms with E-state index in [2.05, 4.69) is 131 Å². The van der Waals surface area contributed by atoms with Gasteiger partial charge in [0.15, 0.2) is 0 Å². The zero-order chi connectivity index (χ0) is 20.1. The number of hydrogen-bond acceptors (Lipinski definition) is 0. The Bertz CT molecular complexity index is 1340. The Morgan fingerprint density at radius 1 is 0.500 bits per heavy atom. The molecule has 1 heteroatoms. The molecule has 0 N–H and O–H groups in total. The summed E-state index contributed by atoms with van der Waals surface area (Å²) in [5, 5.41) is 2.63. The molecule has 0 radical (unpaired) electrons. The van der Waals surface area contributed by atoms with Crippen LogP contribution in [0.15, 0.2) is 120 Å². The lowest BCUT2D eigenvalue weighted by molar-refractivity contribution is 0.749. The minimum absolute atomic E-state index is 0.369. The SMILES string of the molecule is Brc1ccc2c(c1)-c1cccc3cccc(c13)C2(c1ccccc1)c1ccccc1. The number of halogens is 1. The molecular weight excluding hydrogens is 428 g/mol. The molecule has 30 heavy (non-hydrogen) atoms. The first-order valence-corrected chi connectivity index (χ1v) is 11.0. The summed E-state index contributed by atoms with van der Waals surface area (Å²) < 4.78 is 1.10. The molecule has 0 saturated carbocycles. The zero-order valence-electron chi connectivity index (χ0n) is 16.3. The third kappa shape index (κ3) is 2.33. The third-order valence-corrected chi connectivity index (χ3v) is 6.89. The largest absolute Gasteiger partial charge is 0.0713 e. The number of fused-ring (bicyclic) bond motifs is 2. The van der Waals surface area contributed by atoms with E-state index in [9.17, 15) is 0 Å². The topological polar surface area (TPSA) is 0 Å². The summed E-state index contributed by atoms with van der Waals surface area (Å²) in [6, 6.07) is 42.0. The van der Waals surface area contributed by atoms with E-state index in [1.807, 2.05) is 0 Å². The fourth-order valence-electron chi connectivity index (χ4n) is 5.25. The molecule has 0 nitrogen and oxygen atoms in total. The molecule has 0 aromatic heterocycles. The summed E-state index contributed by atoms with van der Waals surface area (Å²) in [7, 11) is 0. The van der Waals surface area contributed by atoms with E-state index in [-0.39, 0.29) is 5.41 Å². The molecule has 0 atom stereocenters. The second kappa shape index (κ2) is 6.68. The van der Waals surface area contributed by atoms with Gasteiger partial charge in [-0.3, -0.25) is 0 Å². The molecule has 0 bridgehead atoms. The minimum Gasteiger partial charge on any atom is -0.0622 e. The molecule has 0 spiro atoms. The van der Waals surface area contributed by atoms with E-state index in [0.717, 1.165) is 4.47 Å². The Labute approximate surface area is 185 Å².